The molecule has 2 nitrogen and oxygen atoms in total. The van der Waals surface area contributed by atoms with Crippen LogP contribution in [0.5, 0.6) is 5.75 Å². The van der Waals surface area contributed by atoms with Gasteiger partial charge in [0, 0.05) is 18.2 Å². The molecule has 1 aromatic rings. The monoisotopic (exact) mass is 323 g/mol. The van der Waals surface area contributed by atoms with Crippen LogP contribution >= 0.6 is 15.9 Å². The standard InChI is InChI=1S/C16H22BrNO/c17-14-8-3-6-13(16(14)19)11-18-10-4-7-12-5-1-2-9-15(12)18/h3,6,8,12,15,19H,1-2,4-5,7,9-11H2/t12-,15-/m1/s1. The van der Waals surface area contributed by atoms with Crippen LogP contribution in [0, 0.1) is 5.92 Å². The minimum absolute atomic E-state index is 0.417. The summed E-state index contributed by atoms with van der Waals surface area (Å²) in [5, 5.41) is 10.2. The molecule has 104 valence electrons. The summed E-state index contributed by atoms with van der Waals surface area (Å²) in [5.74, 6) is 1.32. The van der Waals surface area contributed by atoms with E-state index in [4.69, 9.17) is 0 Å². The number of aromatic hydroxyl groups is 1. The van der Waals surface area contributed by atoms with E-state index in [-0.39, 0.29) is 0 Å². The van der Waals surface area contributed by atoms with E-state index in [1.165, 1.54) is 45.1 Å². The lowest BCUT2D eigenvalue weighted by Crippen LogP contribution is -2.46. The highest BCUT2D eigenvalue weighted by atomic mass is 79.9. The van der Waals surface area contributed by atoms with Gasteiger partial charge in [-0.15, -0.1) is 0 Å². The Morgan fingerprint density at radius 1 is 1.16 bits per heavy atom. The van der Waals surface area contributed by atoms with Crippen molar-refractivity contribution >= 4 is 15.9 Å². The zero-order valence-electron chi connectivity index (χ0n) is 11.3. The number of hydrogen-bond acceptors (Lipinski definition) is 2. The van der Waals surface area contributed by atoms with Crippen LogP contribution in [0.1, 0.15) is 44.1 Å². The highest BCUT2D eigenvalue weighted by Gasteiger charge is 2.33. The molecule has 1 N–H and O–H groups in total. The van der Waals surface area contributed by atoms with Crippen LogP contribution in [0.2, 0.25) is 0 Å². The van der Waals surface area contributed by atoms with E-state index >= 15 is 0 Å². The Kier molecular flexibility index (Phi) is 4.13. The SMILES string of the molecule is Oc1c(Br)cccc1CN1CCC[C@H]2CCCC[C@H]21. The highest BCUT2D eigenvalue weighted by molar-refractivity contribution is 9.10. The molecule has 1 saturated heterocycles. The van der Waals surface area contributed by atoms with Gasteiger partial charge >= 0.3 is 0 Å². The second kappa shape index (κ2) is 5.84. The number of benzene rings is 1. The molecule has 0 bridgehead atoms. The maximum Gasteiger partial charge on any atom is 0.134 e. The number of halogens is 1. The van der Waals surface area contributed by atoms with Gasteiger partial charge < -0.3 is 5.11 Å². The first-order valence-corrected chi connectivity index (χ1v) is 8.25. The lowest BCUT2D eigenvalue weighted by Gasteiger charge is -2.44. The summed E-state index contributed by atoms with van der Waals surface area (Å²) in [7, 11) is 0. The number of para-hydroxylation sites is 1. The van der Waals surface area contributed by atoms with Crippen LogP contribution < -0.4 is 0 Å². The normalized spacial score (nSPS) is 28.1. The predicted molar refractivity (Wildman–Crippen MR) is 81.2 cm³/mol. The minimum atomic E-state index is 0.417. The molecule has 1 aromatic carbocycles. The van der Waals surface area contributed by atoms with E-state index in [1.807, 2.05) is 18.2 Å². The Morgan fingerprint density at radius 3 is 2.84 bits per heavy atom. The van der Waals surface area contributed by atoms with Crippen LogP contribution in [-0.4, -0.2) is 22.6 Å². The van der Waals surface area contributed by atoms with Crippen molar-refractivity contribution in [3.8, 4) is 5.75 Å². The summed E-state index contributed by atoms with van der Waals surface area (Å²) in [6, 6.07) is 6.72. The maximum atomic E-state index is 10.2. The van der Waals surface area contributed by atoms with Crippen LogP contribution in [0.4, 0.5) is 0 Å². The molecule has 1 saturated carbocycles. The van der Waals surface area contributed by atoms with Crippen molar-refractivity contribution in [2.24, 2.45) is 5.92 Å². The number of fused-ring (bicyclic) bond motifs is 1. The molecule has 1 aliphatic carbocycles. The predicted octanol–water partition coefficient (Wildman–Crippen LogP) is 4.31. The molecule has 19 heavy (non-hydrogen) atoms. The van der Waals surface area contributed by atoms with E-state index in [0.29, 0.717) is 5.75 Å². The van der Waals surface area contributed by atoms with Crippen molar-refractivity contribution in [3.05, 3.63) is 28.2 Å². The lowest BCUT2D eigenvalue weighted by atomic mass is 9.78. The summed E-state index contributed by atoms with van der Waals surface area (Å²) in [5.41, 5.74) is 1.06. The topological polar surface area (TPSA) is 23.5 Å². The maximum absolute atomic E-state index is 10.2. The largest absolute Gasteiger partial charge is 0.506 e. The van der Waals surface area contributed by atoms with Crippen molar-refractivity contribution in [3.63, 3.8) is 0 Å². The van der Waals surface area contributed by atoms with Gasteiger partial charge in [-0.3, -0.25) is 4.90 Å². The molecule has 0 radical (unpaired) electrons. The molecule has 0 aromatic heterocycles. The number of hydrogen-bond donors (Lipinski definition) is 1. The molecule has 3 rings (SSSR count). The van der Waals surface area contributed by atoms with Gasteiger partial charge in [-0.25, -0.2) is 0 Å². The molecule has 0 amide bonds. The Hall–Kier alpha value is -0.540. The van der Waals surface area contributed by atoms with E-state index in [2.05, 4.69) is 20.8 Å². The molecule has 2 fully saturated rings. The quantitative estimate of drug-likeness (QED) is 0.876. The summed E-state index contributed by atoms with van der Waals surface area (Å²) >= 11 is 3.41. The highest BCUT2D eigenvalue weighted by Crippen LogP contribution is 2.37. The smallest absolute Gasteiger partial charge is 0.134 e. The van der Waals surface area contributed by atoms with Gasteiger partial charge in [-0.05, 0) is 60.1 Å². The van der Waals surface area contributed by atoms with Crippen molar-refractivity contribution in [1.29, 1.82) is 0 Å². The third kappa shape index (κ3) is 2.82. The van der Waals surface area contributed by atoms with Crippen molar-refractivity contribution < 1.29 is 5.11 Å². The van der Waals surface area contributed by atoms with E-state index in [9.17, 15) is 5.11 Å². The first kappa shape index (κ1) is 13.4. The second-order valence-corrected chi connectivity index (χ2v) is 6.83. The molecular weight excluding hydrogens is 302 g/mol. The minimum Gasteiger partial charge on any atom is -0.506 e. The Labute approximate surface area is 123 Å². The summed E-state index contributed by atoms with van der Waals surface area (Å²) in [6.45, 7) is 2.08. The first-order valence-electron chi connectivity index (χ1n) is 7.46. The zero-order valence-corrected chi connectivity index (χ0v) is 12.9. The van der Waals surface area contributed by atoms with Crippen molar-refractivity contribution in [2.75, 3.05) is 6.54 Å². The molecule has 2 atom stereocenters. The number of piperidine rings is 1. The third-order valence-electron chi connectivity index (χ3n) is 4.80. The number of nitrogens with zero attached hydrogens (tertiary/aromatic N) is 1. The average Bonchev–Trinajstić information content (AvgIpc) is 2.44. The van der Waals surface area contributed by atoms with Crippen LogP contribution in [-0.2, 0) is 6.54 Å². The van der Waals surface area contributed by atoms with Gasteiger partial charge in [0.25, 0.3) is 0 Å². The van der Waals surface area contributed by atoms with Crippen LogP contribution in [0.3, 0.4) is 0 Å². The lowest BCUT2D eigenvalue weighted by molar-refractivity contribution is 0.0541. The molecule has 2 aliphatic rings. The molecule has 1 heterocycles. The molecule has 0 spiro atoms. The Balaban J connectivity index is 1.76. The summed E-state index contributed by atoms with van der Waals surface area (Å²) < 4.78 is 0.808. The fourth-order valence-electron chi connectivity index (χ4n) is 3.83. The first-order chi connectivity index (χ1) is 9.25. The van der Waals surface area contributed by atoms with E-state index in [1.54, 1.807) is 0 Å². The fraction of sp³-hybridized carbons (Fsp3) is 0.625. The van der Waals surface area contributed by atoms with Gasteiger partial charge in [0.2, 0.25) is 0 Å². The fourth-order valence-corrected chi connectivity index (χ4v) is 4.24. The van der Waals surface area contributed by atoms with Gasteiger partial charge in [-0.1, -0.05) is 25.0 Å². The number of rotatable bonds is 2. The molecule has 3 heteroatoms. The molecule has 1 aliphatic heterocycles. The Morgan fingerprint density at radius 2 is 1.95 bits per heavy atom. The number of phenolic OH excluding ortho intramolecular Hbond substituents is 1. The van der Waals surface area contributed by atoms with Gasteiger partial charge in [-0.2, -0.15) is 0 Å². The average molecular weight is 324 g/mol. The van der Waals surface area contributed by atoms with Gasteiger partial charge in [0.15, 0.2) is 0 Å². The van der Waals surface area contributed by atoms with Gasteiger partial charge in [0.1, 0.15) is 5.75 Å². The van der Waals surface area contributed by atoms with Crippen LogP contribution in [0.15, 0.2) is 22.7 Å². The zero-order chi connectivity index (χ0) is 13.2. The van der Waals surface area contributed by atoms with E-state index in [0.717, 1.165) is 28.5 Å². The third-order valence-corrected chi connectivity index (χ3v) is 5.44. The number of phenols is 1. The number of likely N-dealkylation sites (tertiary alicyclic amines) is 1. The molecular formula is C16H22BrNO. The van der Waals surface area contributed by atoms with Crippen molar-refractivity contribution in [2.45, 2.75) is 51.1 Å². The summed E-state index contributed by atoms with van der Waals surface area (Å²) in [6.07, 6.45) is 8.27. The van der Waals surface area contributed by atoms with Crippen molar-refractivity contribution in [1.82, 2.24) is 4.90 Å². The van der Waals surface area contributed by atoms with Gasteiger partial charge in [0.05, 0.1) is 4.47 Å². The van der Waals surface area contributed by atoms with E-state index < -0.39 is 0 Å². The molecule has 0 unspecified atom stereocenters. The second-order valence-electron chi connectivity index (χ2n) is 5.97. The Bertz CT molecular complexity index is 446. The van der Waals surface area contributed by atoms with Crippen LogP contribution in [0.25, 0.3) is 0 Å². The summed E-state index contributed by atoms with van der Waals surface area (Å²) in [4.78, 5) is 2.61.